The minimum Gasteiger partial charge on any atom is -0.871 e. The Labute approximate surface area is 297 Å². The van der Waals surface area contributed by atoms with Crippen LogP contribution in [0.2, 0.25) is 20.1 Å². The van der Waals surface area contributed by atoms with Crippen LogP contribution in [0.4, 0.5) is 0 Å². The van der Waals surface area contributed by atoms with E-state index >= 15 is 0 Å². The maximum absolute atomic E-state index is 13.5. The predicted molar refractivity (Wildman–Crippen MR) is 192 cm³/mol. The molecule has 1 atom stereocenters. The molecule has 1 unspecified atom stereocenters. The lowest BCUT2D eigenvalue weighted by molar-refractivity contribution is -0.300. The van der Waals surface area contributed by atoms with Crippen LogP contribution in [0.1, 0.15) is 22.3 Å². The Morgan fingerprint density at radius 3 is 1.69 bits per heavy atom. The molecule has 236 valence electrons. The summed E-state index contributed by atoms with van der Waals surface area (Å²) in [5, 5.41) is 15.7. The number of hydrogen-bond donors (Lipinski definition) is 0. The van der Waals surface area contributed by atoms with E-state index in [0.29, 0.717) is 59.8 Å². The van der Waals surface area contributed by atoms with E-state index in [1.807, 2.05) is 72.8 Å². The van der Waals surface area contributed by atoms with E-state index in [9.17, 15) is 9.90 Å². The summed E-state index contributed by atoms with van der Waals surface area (Å²) >= 11 is 25.3. The summed E-state index contributed by atoms with van der Waals surface area (Å²) < 4.78 is 12.5. The van der Waals surface area contributed by atoms with E-state index in [0.717, 1.165) is 11.1 Å². The van der Waals surface area contributed by atoms with Crippen LogP contribution in [0.3, 0.4) is 0 Å². The summed E-state index contributed by atoms with van der Waals surface area (Å²) in [4.78, 5) is 13.5. The van der Waals surface area contributed by atoms with Gasteiger partial charge in [-0.25, -0.2) is 0 Å². The second kappa shape index (κ2) is 13.4. The van der Waals surface area contributed by atoms with Crippen LogP contribution in [0, 0.1) is 5.92 Å². The second-order valence-corrected chi connectivity index (χ2v) is 12.8. The number of Topliss-reactive ketones (excluding diaryl/α,β-unsaturated/α-hetero) is 1. The number of rotatable bonds is 6. The standard InChI is InChI=1S/C40H24Cl4O4/c41-27-13-9-25(10-14-27)35-19-23(21-37(47-35)29-5-1-3-7-33(29)43)17-31-39(45)32(40(31)46)18-24-20-36(26-11-15-28(42)16-12-26)48-38(22-24)30-6-2-4-8-34(30)44/h1-23,45H/p-1/b24-18+,31-17+. The van der Waals surface area contributed by atoms with Crippen molar-refractivity contribution in [3.8, 4) is 0 Å². The van der Waals surface area contributed by atoms with Gasteiger partial charge in [0.05, 0.1) is 10.0 Å². The monoisotopic (exact) mass is 707 g/mol. The maximum atomic E-state index is 13.5. The van der Waals surface area contributed by atoms with E-state index in [-0.39, 0.29) is 22.7 Å². The molecule has 48 heavy (non-hydrogen) atoms. The fourth-order valence-electron chi connectivity index (χ4n) is 5.49. The number of carbonyl (C=O) groups is 1. The van der Waals surface area contributed by atoms with Gasteiger partial charge in [-0.1, -0.05) is 82.5 Å². The molecule has 0 aromatic heterocycles. The van der Waals surface area contributed by atoms with Gasteiger partial charge < -0.3 is 14.6 Å². The Hall–Kier alpha value is -4.71. The van der Waals surface area contributed by atoms with Crippen LogP contribution in [0.15, 0.2) is 156 Å². The molecular formula is C40H23Cl4O4-. The van der Waals surface area contributed by atoms with E-state index in [2.05, 4.69) is 0 Å². The molecule has 1 aliphatic carbocycles. The Kier molecular flexibility index (Phi) is 8.91. The first-order chi connectivity index (χ1) is 23.2. The van der Waals surface area contributed by atoms with Crippen LogP contribution in [-0.4, -0.2) is 5.78 Å². The first kappa shape index (κ1) is 31.9. The Bertz CT molecular complexity index is 2180. The molecule has 0 fully saturated rings. The number of ether oxygens (including phenoxy) is 2. The smallest absolute Gasteiger partial charge is 0.191 e. The quantitative estimate of drug-likeness (QED) is 0.187. The third-order valence-corrected chi connectivity index (χ3v) is 9.07. The lowest BCUT2D eigenvalue weighted by atomic mass is 9.83. The van der Waals surface area contributed by atoms with Crippen molar-refractivity contribution in [3.05, 3.63) is 198 Å². The fourth-order valence-corrected chi connectivity index (χ4v) is 6.20. The van der Waals surface area contributed by atoms with Gasteiger partial charge in [0.1, 0.15) is 23.0 Å². The molecule has 8 heteroatoms. The van der Waals surface area contributed by atoms with E-state index < -0.39 is 5.92 Å². The van der Waals surface area contributed by atoms with Crippen molar-refractivity contribution in [2.75, 3.05) is 0 Å². The minimum absolute atomic E-state index is 0.0730. The number of halogens is 4. The van der Waals surface area contributed by atoms with Crippen LogP contribution in [-0.2, 0) is 14.3 Å². The summed E-state index contributed by atoms with van der Waals surface area (Å²) in [5.74, 6) is 0.927. The van der Waals surface area contributed by atoms with Crippen LogP contribution in [0.25, 0.3) is 23.0 Å². The molecule has 4 aromatic rings. The summed E-state index contributed by atoms with van der Waals surface area (Å²) in [7, 11) is 0. The molecule has 0 saturated heterocycles. The number of carbonyl (C=O) groups excluding carboxylic acids is 1. The van der Waals surface area contributed by atoms with Crippen molar-refractivity contribution in [2.24, 2.45) is 5.92 Å². The molecule has 4 aromatic carbocycles. The highest BCUT2D eigenvalue weighted by Crippen LogP contribution is 2.40. The Morgan fingerprint density at radius 1 is 0.604 bits per heavy atom. The molecule has 7 rings (SSSR count). The zero-order chi connectivity index (χ0) is 33.4. The number of ketones is 1. The molecule has 2 aliphatic heterocycles. The topological polar surface area (TPSA) is 58.6 Å². The van der Waals surface area contributed by atoms with Crippen molar-refractivity contribution in [2.45, 2.75) is 0 Å². The molecule has 0 N–H and O–H groups in total. The van der Waals surface area contributed by atoms with Crippen LogP contribution < -0.4 is 5.11 Å². The van der Waals surface area contributed by atoms with E-state index in [1.54, 1.807) is 60.7 Å². The highest BCUT2D eigenvalue weighted by molar-refractivity contribution is 6.33. The van der Waals surface area contributed by atoms with E-state index in [4.69, 9.17) is 55.9 Å². The molecule has 2 heterocycles. The maximum Gasteiger partial charge on any atom is 0.191 e. The van der Waals surface area contributed by atoms with Crippen molar-refractivity contribution >= 4 is 75.2 Å². The van der Waals surface area contributed by atoms with Gasteiger partial charge in [-0.3, -0.25) is 4.79 Å². The fraction of sp³-hybridized carbons (Fsp3) is 0.0250. The summed E-state index contributed by atoms with van der Waals surface area (Å²) in [6, 6.07) is 29.0. The molecule has 0 bridgehead atoms. The van der Waals surface area contributed by atoms with Crippen LogP contribution >= 0.6 is 46.4 Å². The molecule has 0 radical (unpaired) electrons. The molecule has 3 aliphatic rings. The van der Waals surface area contributed by atoms with Gasteiger partial charge in [0.25, 0.3) is 0 Å². The zero-order valence-corrected chi connectivity index (χ0v) is 27.9. The normalized spacial score (nSPS) is 19.2. The summed E-state index contributed by atoms with van der Waals surface area (Å²) in [6.07, 6.45) is 10.5. The molecular weight excluding hydrogens is 686 g/mol. The van der Waals surface area contributed by atoms with Crippen molar-refractivity contribution in [3.63, 3.8) is 0 Å². The Balaban J connectivity index is 1.26. The minimum atomic E-state index is -0.431. The molecule has 0 spiro atoms. The molecule has 4 nitrogen and oxygen atoms in total. The lowest BCUT2D eigenvalue weighted by Crippen LogP contribution is -2.29. The van der Waals surface area contributed by atoms with Gasteiger partial charge in [0.2, 0.25) is 0 Å². The van der Waals surface area contributed by atoms with Gasteiger partial charge >= 0.3 is 0 Å². The largest absolute Gasteiger partial charge is 0.871 e. The number of allylic oxidation sites excluding steroid dienone is 9. The summed E-state index contributed by atoms with van der Waals surface area (Å²) in [6.45, 7) is 0. The van der Waals surface area contributed by atoms with E-state index in [1.165, 1.54) is 0 Å². The third-order valence-electron chi connectivity index (χ3n) is 7.91. The van der Waals surface area contributed by atoms with Crippen molar-refractivity contribution in [1.29, 1.82) is 0 Å². The average Bonchev–Trinajstić information content (AvgIpc) is 3.10. The first-order valence-electron chi connectivity index (χ1n) is 14.9. The lowest BCUT2D eigenvalue weighted by Gasteiger charge is -2.31. The summed E-state index contributed by atoms with van der Waals surface area (Å²) in [5.41, 5.74) is 3.69. The number of hydrogen-bond acceptors (Lipinski definition) is 4. The third kappa shape index (κ3) is 6.53. The van der Waals surface area contributed by atoms with Crippen molar-refractivity contribution < 1.29 is 19.4 Å². The van der Waals surface area contributed by atoms with Gasteiger partial charge in [-0.05, 0) is 109 Å². The Morgan fingerprint density at radius 2 is 1.10 bits per heavy atom. The van der Waals surface area contributed by atoms with Gasteiger partial charge in [-0.2, -0.15) is 0 Å². The highest BCUT2D eigenvalue weighted by atomic mass is 35.5. The molecule has 0 saturated carbocycles. The van der Waals surface area contributed by atoms with Gasteiger partial charge in [0, 0.05) is 49.4 Å². The van der Waals surface area contributed by atoms with Gasteiger partial charge in [-0.15, -0.1) is 0 Å². The van der Waals surface area contributed by atoms with Crippen LogP contribution in [0.5, 0.6) is 0 Å². The van der Waals surface area contributed by atoms with Gasteiger partial charge in [0.15, 0.2) is 5.78 Å². The molecule has 0 amide bonds. The predicted octanol–water partition coefficient (Wildman–Crippen LogP) is 10.5. The average molecular weight is 709 g/mol. The van der Waals surface area contributed by atoms with Crippen molar-refractivity contribution in [1.82, 2.24) is 0 Å². The number of benzene rings is 4. The zero-order valence-electron chi connectivity index (χ0n) is 24.9. The highest BCUT2D eigenvalue weighted by Gasteiger charge is 2.28. The second-order valence-electron chi connectivity index (χ2n) is 11.1. The SMILES string of the molecule is O=C1C(/C=C2\C=C(c3ccc(Cl)cc3)OC(c3ccccc3Cl)=C2)=C([O-])C/1=C\C1C=C(c2ccc(Cl)cc2)OC(c2ccccc2Cl)=C1. The first-order valence-corrected chi connectivity index (χ1v) is 16.4.